The van der Waals surface area contributed by atoms with Crippen LogP contribution < -0.4 is 24.4 Å². The molecule has 6 nitrogen and oxygen atoms in total. The topological polar surface area (TPSA) is 46.2 Å². The molecular formula is C21H27N3O3S. The van der Waals surface area contributed by atoms with E-state index in [0.717, 1.165) is 54.8 Å². The molecule has 1 aliphatic rings. The maximum Gasteiger partial charge on any atom is 0.173 e. The van der Waals surface area contributed by atoms with Crippen LogP contribution in [-0.4, -0.2) is 57.0 Å². The summed E-state index contributed by atoms with van der Waals surface area (Å²) in [5.74, 6) is 2.38. The van der Waals surface area contributed by atoms with Crippen molar-refractivity contribution in [3.05, 3.63) is 42.5 Å². The predicted octanol–water partition coefficient (Wildman–Crippen LogP) is 3.62. The first kappa shape index (κ1) is 20.1. The maximum absolute atomic E-state index is 5.77. The van der Waals surface area contributed by atoms with Gasteiger partial charge in [-0.05, 0) is 31.3 Å². The first-order valence-corrected chi connectivity index (χ1v) is 9.81. The monoisotopic (exact) mass is 401 g/mol. The van der Waals surface area contributed by atoms with Crippen molar-refractivity contribution >= 4 is 28.7 Å². The van der Waals surface area contributed by atoms with Crippen molar-refractivity contribution in [3.8, 4) is 17.2 Å². The number of para-hydroxylation sites is 2. The number of piperazine rings is 1. The number of thiocarbonyl (C=S) groups is 1. The lowest BCUT2D eigenvalue weighted by Crippen LogP contribution is -2.50. The van der Waals surface area contributed by atoms with Gasteiger partial charge in [0.05, 0.1) is 26.5 Å². The highest BCUT2D eigenvalue weighted by Crippen LogP contribution is 2.29. The largest absolute Gasteiger partial charge is 0.497 e. The summed E-state index contributed by atoms with van der Waals surface area (Å²) in [5.41, 5.74) is 1.99. The summed E-state index contributed by atoms with van der Waals surface area (Å²) in [6.07, 6.45) is 0. The predicted molar refractivity (Wildman–Crippen MR) is 117 cm³/mol. The average Bonchev–Trinajstić information content (AvgIpc) is 2.74. The summed E-state index contributed by atoms with van der Waals surface area (Å²) < 4.78 is 16.4. The van der Waals surface area contributed by atoms with Gasteiger partial charge in [0.15, 0.2) is 5.11 Å². The molecule has 150 valence electrons. The van der Waals surface area contributed by atoms with Crippen molar-refractivity contribution in [3.63, 3.8) is 0 Å². The molecule has 0 aliphatic carbocycles. The minimum Gasteiger partial charge on any atom is -0.497 e. The van der Waals surface area contributed by atoms with E-state index < -0.39 is 0 Å². The van der Waals surface area contributed by atoms with E-state index in [2.05, 4.69) is 21.2 Å². The van der Waals surface area contributed by atoms with E-state index in [9.17, 15) is 0 Å². The lowest BCUT2D eigenvalue weighted by atomic mass is 10.2. The zero-order chi connectivity index (χ0) is 19.9. The van der Waals surface area contributed by atoms with Gasteiger partial charge in [-0.15, -0.1) is 0 Å². The molecule has 2 aromatic rings. The van der Waals surface area contributed by atoms with Crippen LogP contribution in [0, 0.1) is 0 Å². The van der Waals surface area contributed by atoms with Crippen LogP contribution in [0.15, 0.2) is 42.5 Å². The van der Waals surface area contributed by atoms with Gasteiger partial charge < -0.3 is 29.3 Å². The smallest absolute Gasteiger partial charge is 0.173 e. The first-order chi connectivity index (χ1) is 13.6. The van der Waals surface area contributed by atoms with Crippen molar-refractivity contribution < 1.29 is 14.2 Å². The maximum atomic E-state index is 5.77. The Labute approximate surface area is 172 Å². The Kier molecular flexibility index (Phi) is 6.81. The molecule has 2 aromatic carbocycles. The number of methoxy groups -OCH3 is 2. The molecule has 1 N–H and O–H groups in total. The molecule has 0 spiro atoms. The van der Waals surface area contributed by atoms with Gasteiger partial charge in [0.1, 0.15) is 17.2 Å². The van der Waals surface area contributed by atoms with Crippen LogP contribution in [0.3, 0.4) is 0 Å². The lowest BCUT2D eigenvalue weighted by molar-refractivity contribution is 0.336. The number of hydrogen-bond acceptors (Lipinski definition) is 5. The molecule has 0 atom stereocenters. The second-order valence-corrected chi connectivity index (χ2v) is 6.79. The molecule has 0 saturated carbocycles. The van der Waals surface area contributed by atoms with Crippen LogP contribution in [0.4, 0.5) is 11.4 Å². The summed E-state index contributed by atoms with van der Waals surface area (Å²) in [6.45, 7) is 6.11. The molecule has 0 unspecified atom stereocenters. The van der Waals surface area contributed by atoms with Gasteiger partial charge in [-0.25, -0.2) is 0 Å². The summed E-state index contributed by atoms with van der Waals surface area (Å²) in [5, 5.41) is 4.00. The van der Waals surface area contributed by atoms with Crippen LogP contribution in [0.25, 0.3) is 0 Å². The van der Waals surface area contributed by atoms with Crippen molar-refractivity contribution in [2.24, 2.45) is 0 Å². The SMILES string of the molecule is CCOc1ccccc1N1CCN(C(=S)Nc2cc(OC)cc(OC)c2)CC1. The van der Waals surface area contributed by atoms with Gasteiger partial charge >= 0.3 is 0 Å². The number of nitrogens with zero attached hydrogens (tertiary/aromatic N) is 2. The molecule has 0 amide bonds. The van der Waals surface area contributed by atoms with Crippen molar-refractivity contribution in [1.82, 2.24) is 4.90 Å². The standard InChI is InChI=1S/C21H27N3O3S/c1-4-27-20-8-6-5-7-19(20)23-9-11-24(12-10-23)21(28)22-16-13-17(25-2)15-18(14-16)26-3/h5-8,13-15H,4,9-12H2,1-3H3,(H,22,28). The fraction of sp³-hybridized carbons (Fsp3) is 0.381. The summed E-state index contributed by atoms with van der Waals surface area (Å²) in [6, 6.07) is 13.8. The molecule has 28 heavy (non-hydrogen) atoms. The molecule has 1 heterocycles. The van der Waals surface area contributed by atoms with E-state index >= 15 is 0 Å². The highest BCUT2D eigenvalue weighted by molar-refractivity contribution is 7.80. The summed E-state index contributed by atoms with van der Waals surface area (Å²) in [7, 11) is 3.27. The Morgan fingerprint density at radius 1 is 1.00 bits per heavy atom. The Morgan fingerprint density at radius 2 is 1.64 bits per heavy atom. The molecule has 1 fully saturated rings. The zero-order valence-electron chi connectivity index (χ0n) is 16.6. The number of benzene rings is 2. The van der Waals surface area contributed by atoms with Crippen LogP contribution in [0.5, 0.6) is 17.2 Å². The Hall–Kier alpha value is -2.67. The molecule has 1 saturated heterocycles. The normalized spacial score (nSPS) is 13.8. The molecule has 7 heteroatoms. The van der Waals surface area contributed by atoms with Crippen LogP contribution >= 0.6 is 12.2 Å². The molecule has 0 radical (unpaired) electrons. The van der Waals surface area contributed by atoms with Crippen molar-refractivity contribution in [2.45, 2.75) is 6.92 Å². The molecule has 0 bridgehead atoms. The van der Waals surface area contributed by atoms with Crippen LogP contribution in [-0.2, 0) is 0 Å². The number of rotatable bonds is 6. The van der Waals surface area contributed by atoms with Crippen LogP contribution in [0.1, 0.15) is 6.92 Å². The Balaban J connectivity index is 1.61. The van der Waals surface area contributed by atoms with Gasteiger partial charge in [0.25, 0.3) is 0 Å². The van der Waals surface area contributed by atoms with Crippen molar-refractivity contribution in [1.29, 1.82) is 0 Å². The fourth-order valence-electron chi connectivity index (χ4n) is 3.23. The van der Waals surface area contributed by atoms with E-state index in [0.29, 0.717) is 11.7 Å². The highest BCUT2D eigenvalue weighted by Gasteiger charge is 2.21. The third kappa shape index (κ3) is 4.78. The lowest BCUT2D eigenvalue weighted by Gasteiger charge is -2.38. The second-order valence-electron chi connectivity index (χ2n) is 6.41. The third-order valence-electron chi connectivity index (χ3n) is 4.68. The number of nitrogens with one attached hydrogen (secondary N) is 1. The van der Waals surface area contributed by atoms with Crippen molar-refractivity contribution in [2.75, 3.05) is 57.2 Å². The van der Waals surface area contributed by atoms with E-state index in [1.165, 1.54) is 0 Å². The molecular weight excluding hydrogens is 374 g/mol. The van der Waals surface area contributed by atoms with Gasteiger partial charge in [0.2, 0.25) is 0 Å². The van der Waals surface area contributed by atoms with E-state index in [1.807, 2.05) is 43.3 Å². The number of hydrogen-bond donors (Lipinski definition) is 1. The minimum atomic E-state index is 0.662. The third-order valence-corrected chi connectivity index (χ3v) is 5.04. The van der Waals surface area contributed by atoms with Gasteiger partial charge in [-0.3, -0.25) is 0 Å². The number of anilines is 2. The van der Waals surface area contributed by atoms with E-state index in [4.69, 9.17) is 26.4 Å². The summed E-state index contributed by atoms with van der Waals surface area (Å²) >= 11 is 5.63. The first-order valence-electron chi connectivity index (χ1n) is 9.40. The fourth-order valence-corrected chi connectivity index (χ4v) is 3.53. The van der Waals surface area contributed by atoms with Gasteiger partial charge in [-0.2, -0.15) is 0 Å². The van der Waals surface area contributed by atoms with Gasteiger partial charge in [0, 0.05) is 50.1 Å². The second kappa shape index (κ2) is 9.50. The Bertz CT molecular complexity index is 785. The summed E-state index contributed by atoms with van der Waals surface area (Å²) in [4.78, 5) is 4.53. The highest BCUT2D eigenvalue weighted by atomic mass is 32.1. The Morgan fingerprint density at radius 3 is 2.25 bits per heavy atom. The quantitative estimate of drug-likeness (QED) is 0.742. The van der Waals surface area contributed by atoms with E-state index in [1.54, 1.807) is 14.2 Å². The van der Waals surface area contributed by atoms with Crippen LogP contribution in [0.2, 0.25) is 0 Å². The van der Waals surface area contributed by atoms with E-state index in [-0.39, 0.29) is 0 Å². The molecule has 3 rings (SSSR count). The molecule has 0 aromatic heterocycles. The minimum absolute atomic E-state index is 0.662. The molecule has 1 aliphatic heterocycles. The average molecular weight is 402 g/mol. The number of ether oxygens (including phenoxy) is 3. The van der Waals surface area contributed by atoms with Gasteiger partial charge in [-0.1, -0.05) is 12.1 Å². The zero-order valence-corrected chi connectivity index (χ0v) is 17.4.